The summed E-state index contributed by atoms with van der Waals surface area (Å²) in [5.74, 6) is 0.674. The summed E-state index contributed by atoms with van der Waals surface area (Å²) in [5, 5.41) is 0. The zero-order valence-electron chi connectivity index (χ0n) is 11.3. The topological polar surface area (TPSA) is 29.5 Å². The summed E-state index contributed by atoms with van der Waals surface area (Å²) in [6.07, 6.45) is 0. The lowest BCUT2D eigenvalue weighted by atomic mass is 10.1. The van der Waals surface area contributed by atoms with Crippen LogP contribution in [-0.2, 0) is 4.79 Å². The van der Waals surface area contributed by atoms with E-state index in [2.05, 4.69) is 22.0 Å². The fraction of sp³-hybridized carbons (Fsp3) is 0.188. The lowest BCUT2D eigenvalue weighted by Gasteiger charge is -2.30. The average molecular weight is 332 g/mol. The molecule has 1 aliphatic heterocycles. The van der Waals surface area contributed by atoms with Crippen molar-refractivity contribution in [2.45, 2.75) is 13.8 Å². The van der Waals surface area contributed by atoms with Gasteiger partial charge in [0.2, 0.25) is 0 Å². The molecule has 3 nitrogen and oxygen atoms in total. The van der Waals surface area contributed by atoms with Gasteiger partial charge in [-0.15, -0.1) is 0 Å². The van der Waals surface area contributed by atoms with Crippen LogP contribution in [0.5, 0.6) is 5.75 Å². The van der Waals surface area contributed by atoms with Crippen LogP contribution < -0.4 is 9.64 Å². The molecular formula is C16H14BrNO2. The van der Waals surface area contributed by atoms with E-state index in [-0.39, 0.29) is 12.5 Å². The lowest BCUT2D eigenvalue weighted by molar-refractivity contribution is -0.120. The standard InChI is InChI=1S/C16H14BrNO2/c1-10-5-11(2)7-13(6-10)18-14-8-12(17)3-4-15(14)20-9-16(18)19/h3-8H,9H2,1-2H3. The highest BCUT2D eigenvalue weighted by Gasteiger charge is 2.27. The Morgan fingerprint density at radius 3 is 2.50 bits per heavy atom. The molecule has 0 N–H and O–H groups in total. The normalized spacial score (nSPS) is 13.9. The van der Waals surface area contributed by atoms with Gasteiger partial charge in [-0.2, -0.15) is 0 Å². The van der Waals surface area contributed by atoms with Crippen molar-refractivity contribution in [2.75, 3.05) is 11.5 Å². The van der Waals surface area contributed by atoms with Gasteiger partial charge in [-0.1, -0.05) is 22.0 Å². The number of nitrogens with zero attached hydrogens (tertiary/aromatic N) is 1. The SMILES string of the molecule is Cc1cc(C)cc(N2C(=O)COc3ccc(Br)cc32)c1. The van der Waals surface area contributed by atoms with Gasteiger partial charge in [0.1, 0.15) is 5.75 Å². The maximum Gasteiger partial charge on any atom is 0.269 e. The average Bonchev–Trinajstić information content (AvgIpc) is 2.37. The van der Waals surface area contributed by atoms with Gasteiger partial charge in [-0.05, 0) is 55.3 Å². The molecule has 0 fully saturated rings. The van der Waals surface area contributed by atoms with Crippen LogP contribution in [0.4, 0.5) is 11.4 Å². The zero-order valence-corrected chi connectivity index (χ0v) is 12.9. The van der Waals surface area contributed by atoms with E-state index in [4.69, 9.17) is 4.74 Å². The van der Waals surface area contributed by atoms with Crippen LogP contribution in [0, 0.1) is 13.8 Å². The third kappa shape index (κ3) is 2.31. The van der Waals surface area contributed by atoms with Crippen molar-refractivity contribution in [3.05, 3.63) is 52.0 Å². The van der Waals surface area contributed by atoms with E-state index < -0.39 is 0 Å². The van der Waals surface area contributed by atoms with Crippen molar-refractivity contribution in [1.29, 1.82) is 0 Å². The number of hydrogen-bond donors (Lipinski definition) is 0. The van der Waals surface area contributed by atoms with Crippen LogP contribution in [0.1, 0.15) is 11.1 Å². The molecule has 0 radical (unpaired) electrons. The van der Waals surface area contributed by atoms with Gasteiger partial charge in [-0.25, -0.2) is 0 Å². The van der Waals surface area contributed by atoms with Crippen LogP contribution in [0.15, 0.2) is 40.9 Å². The first kappa shape index (κ1) is 13.2. The zero-order chi connectivity index (χ0) is 14.3. The Hall–Kier alpha value is -1.81. The molecule has 4 heteroatoms. The minimum Gasteiger partial charge on any atom is -0.482 e. The van der Waals surface area contributed by atoms with E-state index in [1.807, 2.05) is 44.2 Å². The number of anilines is 2. The molecule has 0 unspecified atom stereocenters. The molecule has 0 saturated carbocycles. The molecule has 1 amide bonds. The van der Waals surface area contributed by atoms with Gasteiger partial charge >= 0.3 is 0 Å². The largest absolute Gasteiger partial charge is 0.482 e. The lowest BCUT2D eigenvalue weighted by Crippen LogP contribution is -2.35. The minimum absolute atomic E-state index is 0.0550. The Bertz CT molecular complexity index is 677. The second-order valence-electron chi connectivity index (χ2n) is 4.98. The predicted molar refractivity (Wildman–Crippen MR) is 82.7 cm³/mol. The minimum atomic E-state index is -0.0550. The van der Waals surface area contributed by atoms with E-state index in [1.54, 1.807) is 4.90 Å². The van der Waals surface area contributed by atoms with Crippen LogP contribution in [0.25, 0.3) is 0 Å². The number of carbonyl (C=O) groups is 1. The number of benzene rings is 2. The molecule has 0 aromatic heterocycles. The molecule has 2 aromatic carbocycles. The van der Waals surface area contributed by atoms with Crippen molar-refractivity contribution in [1.82, 2.24) is 0 Å². The Kier molecular flexibility index (Phi) is 3.26. The first-order chi connectivity index (χ1) is 9.54. The van der Waals surface area contributed by atoms with Crippen LogP contribution in [0.2, 0.25) is 0 Å². The van der Waals surface area contributed by atoms with Crippen LogP contribution in [-0.4, -0.2) is 12.5 Å². The number of hydrogen-bond acceptors (Lipinski definition) is 2. The van der Waals surface area contributed by atoms with Crippen molar-refractivity contribution >= 4 is 33.2 Å². The van der Waals surface area contributed by atoms with Gasteiger partial charge in [0, 0.05) is 10.2 Å². The van der Waals surface area contributed by atoms with Crippen molar-refractivity contribution in [3.8, 4) is 5.75 Å². The van der Waals surface area contributed by atoms with E-state index >= 15 is 0 Å². The molecule has 0 spiro atoms. The molecule has 3 rings (SSSR count). The fourth-order valence-corrected chi connectivity index (χ4v) is 2.84. The Morgan fingerprint density at radius 1 is 1.10 bits per heavy atom. The Morgan fingerprint density at radius 2 is 1.80 bits per heavy atom. The van der Waals surface area contributed by atoms with Gasteiger partial charge in [0.15, 0.2) is 6.61 Å². The molecule has 2 aromatic rings. The fourth-order valence-electron chi connectivity index (χ4n) is 2.49. The summed E-state index contributed by atoms with van der Waals surface area (Å²) in [5.41, 5.74) is 3.93. The number of halogens is 1. The highest BCUT2D eigenvalue weighted by atomic mass is 79.9. The molecule has 1 aliphatic rings. The number of carbonyl (C=O) groups excluding carboxylic acids is 1. The molecule has 0 atom stereocenters. The van der Waals surface area contributed by atoms with Crippen LogP contribution in [0.3, 0.4) is 0 Å². The third-order valence-corrected chi connectivity index (χ3v) is 3.72. The summed E-state index contributed by atoms with van der Waals surface area (Å²) in [4.78, 5) is 14.0. The molecule has 1 heterocycles. The third-order valence-electron chi connectivity index (χ3n) is 3.23. The second kappa shape index (κ2) is 4.94. The van der Waals surface area contributed by atoms with E-state index in [0.717, 1.165) is 32.7 Å². The van der Waals surface area contributed by atoms with Crippen molar-refractivity contribution < 1.29 is 9.53 Å². The van der Waals surface area contributed by atoms with E-state index in [9.17, 15) is 4.79 Å². The summed E-state index contributed by atoms with van der Waals surface area (Å²) in [6.45, 7) is 4.13. The Balaban J connectivity index is 2.17. The highest BCUT2D eigenvalue weighted by Crippen LogP contribution is 2.39. The number of rotatable bonds is 1. The van der Waals surface area contributed by atoms with Gasteiger partial charge in [0.25, 0.3) is 5.91 Å². The smallest absolute Gasteiger partial charge is 0.269 e. The van der Waals surface area contributed by atoms with Gasteiger partial charge in [0.05, 0.1) is 5.69 Å². The Labute approximate surface area is 126 Å². The number of ether oxygens (including phenoxy) is 1. The summed E-state index contributed by atoms with van der Waals surface area (Å²) in [7, 11) is 0. The van der Waals surface area contributed by atoms with Gasteiger partial charge in [-0.3, -0.25) is 9.69 Å². The maximum absolute atomic E-state index is 12.3. The summed E-state index contributed by atoms with van der Waals surface area (Å²) in [6, 6.07) is 11.8. The van der Waals surface area contributed by atoms with E-state index in [0.29, 0.717) is 0 Å². The van der Waals surface area contributed by atoms with Gasteiger partial charge < -0.3 is 4.74 Å². The predicted octanol–water partition coefficient (Wildman–Crippen LogP) is 4.12. The number of amides is 1. The molecule has 0 saturated heterocycles. The number of aryl methyl sites for hydroxylation is 2. The first-order valence-corrected chi connectivity index (χ1v) is 7.17. The van der Waals surface area contributed by atoms with Crippen LogP contribution >= 0.6 is 15.9 Å². The van der Waals surface area contributed by atoms with Crippen molar-refractivity contribution in [2.24, 2.45) is 0 Å². The highest BCUT2D eigenvalue weighted by molar-refractivity contribution is 9.10. The quantitative estimate of drug-likeness (QED) is 0.786. The molecule has 0 bridgehead atoms. The first-order valence-electron chi connectivity index (χ1n) is 6.38. The molecule has 102 valence electrons. The summed E-state index contributed by atoms with van der Waals surface area (Å²) < 4.78 is 6.41. The monoisotopic (exact) mass is 331 g/mol. The van der Waals surface area contributed by atoms with Crippen molar-refractivity contribution in [3.63, 3.8) is 0 Å². The molecule has 20 heavy (non-hydrogen) atoms. The number of fused-ring (bicyclic) bond motifs is 1. The molecule has 0 aliphatic carbocycles. The second-order valence-corrected chi connectivity index (χ2v) is 5.89. The van der Waals surface area contributed by atoms with E-state index in [1.165, 1.54) is 0 Å². The maximum atomic E-state index is 12.3. The summed E-state index contributed by atoms with van der Waals surface area (Å²) >= 11 is 3.45. The molecular weight excluding hydrogens is 318 g/mol.